The highest BCUT2D eigenvalue weighted by atomic mass is 16.5. The SMILES string of the molecule is COCC1(CN(C)CC2CC2)CCNCC1. The molecule has 0 spiro atoms. The smallest absolute Gasteiger partial charge is 0.0531 e. The quantitative estimate of drug-likeness (QED) is 0.740. The van der Waals surface area contributed by atoms with Gasteiger partial charge in [-0.15, -0.1) is 0 Å². The minimum Gasteiger partial charge on any atom is -0.384 e. The minimum absolute atomic E-state index is 0.406. The van der Waals surface area contributed by atoms with E-state index in [1.807, 2.05) is 7.11 Å². The molecule has 94 valence electrons. The first-order valence-corrected chi connectivity index (χ1v) is 6.62. The normalized spacial score (nSPS) is 24.9. The largest absolute Gasteiger partial charge is 0.384 e. The standard InChI is InChI=1S/C13H26N2O/c1-15(9-12-3-4-12)10-13(11-16-2)5-7-14-8-6-13/h12,14H,3-11H2,1-2H3. The Labute approximate surface area is 99.5 Å². The minimum atomic E-state index is 0.406. The maximum Gasteiger partial charge on any atom is 0.0531 e. The zero-order valence-corrected chi connectivity index (χ0v) is 10.8. The van der Waals surface area contributed by atoms with Crippen LogP contribution in [0.5, 0.6) is 0 Å². The fourth-order valence-electron chi connectivity index (χ4n) is 2.99. The molecule has 1 aliphatic carbocycles. The van der Waals surface area contributed by atoms with E-state index in [0.717, 1.165) is 25.6 Å². The first kappa shape index (κ1) is 12.3. The van der Waals surface area contributed by atoms with Gasteiger partial charge in [-0.25, -0.2) is 0 Å². The van der Waals surface area contributed by atoms with Crippen molar-refractivity contribution in [3.63, 3.8) is 0 Å². The number of ether oxygens (including phenoxy) is 1. The Morgan fingerprint density at radius 2 is 2.00 bits per heavy atom. The zero-order chi connectivity index (χ0) is 11.4. The molecule has 0 bridgehead atoms. The van der Waals surface area contributed by atoms with Crippen LogP contribution in [0, 0.1) is 11.3 Å². The summed E-state index contributed by atoms with van der Waals surface area (Å²) in [5.74, 6) is 0.992. The summed E-state index contributed by atoms with van der Waals surface area (Å²) in [6.45, 7) is 5.73. The Morgan fingerprint density at radius 1 is 1.31 bits per heavy atom. The molecular formula is C13H26N2O. The summed E-state index contributed by atoms with van der Waals surface area (Å²) >= 11 is 0. The van der Waals surface area contributed by atoms with Crippen LogP contribution < -0.4 is 5.32 Å². The fourth-order valence-corrected chi connectivity index (χ4v) is 2.99. The number of hydrogen-bond donors (Lipinski definition) is 1. The molecule has 16 heavy (non-hydrogen) atoms. The molecule has 0 aromatic carbocycles. The molecular weight excluding hydrogens is 200 g/mol. The lowest BCUT2D eigenvalue weighted by Gasteiger charge is -2.40. The Balaban J connectivity index is 1.84. The molecule has 3 nitrogen and oxygen atoms in total. The van der Waals surface area contributed by atoms with Gasteiger partial charge in [-0.05, 0) is 51.7 Å². The van der Waals surface area contributed by atoms with E-state index in [0.29, 0.717) is 5.41 Å². The molecule has 0 unspecified atom stereocenters. The van der Waals surface area contributed by atoms with Crippen molar-refractivity contribution in [3.05, 3.63) is 0 Å². The molecule has 2 aliphatic rings. The average molecular weight is 226 g/mol. The predicted octanol–water partition coefficient (Wildman–Crippen LogP) is 1.34. The Hall–Kier alpha value is -0.120. The molecule has 3 heteroatoms. The van der Waals surface area contributed by atoms with Crippen molar-refractivity contribution < 1.29 is 4.74 Å². The number of methoxy groups -OCH3 is 1. The summed E-state index contributed by atoms with van der Waals surface area (Å²) in [5, 5.41) is 3.45. The summed E-state index contributed by atoms with van der Waals surface area (Å²) in [5.41, 5.74) is 0.406. The maximum absolute atomic E-state index is 5.45. The molecule has 0 amide bonds. The van der Waals surface area contributed by atoms with Crippen molar-refractivity contribution in [2.24, 2.45) is 11.3 Å². The number of piperidine rings is 1. The highest BCUT2D eigenvalue weighted by molar-refractivity contribution is 4.88. The third-order valence-corrected chi connectivity index (χ3v) is 3.99. The van der Waals surface area contributed by atoms with Gasteiger partial charge in [0, 0.05) is 25.6 Å². The van der Waals surface area contributed by atoms with Gasteiger partial charge in [0.05, 0.1) is 6.61 Å². The summed E-state index contributed by atoms with van der Waals surface area (Å²) in [6, 6.07) is 0. The number of rotatable bonds is 6. The van der Waals surface area contributed by atoms with Gasteiger partial charge in [0.25, 0.3) is 0 Å². The summed E-state index contributed by atoms with van der Waals surface area (Å²) < 4.78 is 5.45. The average Bonchev–Trinajstić information content (AvgIpc) is 3.03. The molecule has 1 aliphatic heterocycles. The topological polar surface area (TPSA) is 24.5 Å². The van der Waals surface area contributed by atoms with Gasteiger partial charge in [0.1, 0.15) is 0 Å². The van der Waals surface area contributed by atoms with Crippen LogP contribution in [0.2, 0.25) is 0 Å². The first-order chi connectivity index (χ1) is 7.74. The molecule has 0 atom stereocenters. The lowest BCUT2D eigenvalue weighted by atomic mass is 9.79. The van der Waals surface area contributed by atoms with E-state index < -0.39 is 0 Å². The molecule has 1 N–H and O–H groups in total. The fraction of sp³-hybridized carbons (Fsp3) is 1.00. The van der Waals surface area contributed by atoms with Crippen LogP contribution in [-0.4, -0.2) is 51.8 Å². The lowest BCUT2D eigenvalue weighted by molar-refractivity contribution is 0.0276. The van der Waals surface area contributed by atoms with Gasteiger partial charge >= 0.3 is 0 Å². The van der Waals surface area contributed by atoms with E-state index in [4.69, 9.17) is 4.74 Å². The second kappa shape index (κ2) is 5.48. The van der Waals surface area contributed by atoms with Crippen LogP contribution in [0.25, 0.3) is 0 Å². The van der Waals surface area contributed by atoms with E-state index >= 15 is 0 Å². The molecule has 1 saturated heterocycles. The van der Waals surface area contributed by atoms with Crippen molar-refractivity contribution in [3.8, 4) is 0 Å². The summed E-state index contributed by atoms with van der Waals surface area (Å²) in [6.07, 6.45) is 5.41. The Kier molecular flexibility index (Phi) is 4.22. The molecule has 1 heterocycles. The van der Waals surface area contributed by atoms with Crippen molar-refractivity contribution in [1.29, 1.82) is 0 Å². The lowest BCUT2D eigenvalue weighted by Crippen LogP contribution is -2.46. The molecule has 2 fully saturated rings. The highest BCUT2D eigenvalue weighted by Gasteiger charge is 2.34. The van der Waals surface area contributed by atoms with E-state index in [2.05, 4.69) is 17.3 Å². The highest BCUT2D eigenvalue weighted by Crippen LogP contribution is 2.33. The zero-order valence-electron chi connectivity index (χ0n) is 10.8. The van der Waals surface area contributed by atoms with Crippen molar-refractivity contribution in [1.82, 2.24) is 10.2 Å². The number of nitrogens with zero attached hydrogens (tertiary/aromatic N) is 1. The van der Waals surface area contributed by atoms with Gasteiger partial charge < -0.3 is 15.0 Å². The van der Waals surface area contributed by atoms with E-state index in [-0.39, 0.29) is 0 Å². The van der Waals surface area contributed by atoms with E-state index in [9.17, 15) is 0 Å². The van der Waals surface area contributed by atoms with Crippen molar-refractivity contribution in [2.75, 3.05) is 46.9 Å². The second-order valence-corrected chi connectivity index (χ2v) is 5.82. The van der Waals surface area contributed by atoms with Crippen LogP contribution in [0.4, 0.5) is 0 Å². The van der Waals surface area contributed by atoms with Crippen LogP contribution >= 0.6 is 0 Å². The molecule has 0 aromatic rings. The van der Waals surface area contributed by atoms with E-state index in [1.54, 1.807) is 0 Å². The number of nitrogens with one attached hydrogen (secondary N) is 1. The van der Waals surface area contributed by atoms with Gasteiger partial charge in [0.2, 0.25) is 0 Å². The van der Waals surface area contributed by atoms with Crippen LogP contribution in [0.1, 0.15) is 25.7 Å². The van der Waals surface area contributed by atoms with Crippen LogP contribution in [-0.2, 0) is 4.74 Å². The van der Waals surface area contributed by atoms with Gasteiger partial charge in [-0.2, -0.15) is 0 Å². The van der Waals surface area contributed by atoms with E-state index in [1.165, 1.54) is 38.8 Å². The molecule has 0 aromatic heterocycles. The molecule has 0 radical (unpaired) electrons. The van der Waals surface area contributed by atoms with Crippen molar-refractivity contribution in [2.45, 2.75) is 25.7 Å². The monoisotopic (exact) mass is 226 g/mol. The Morgan fingerprint density at radius 3 is 2.56 bits per heavy atom. The third kappa shape index (κ3) is 3.44. The summed E-state index contributed by atoms with van der Waals surface area (Å²) in [7, 11) is 4.11. The molecule has 1 saturated carbocycles. The summed E-state index contributed by atoms with van der Waals surface area (Å²) in [4.78, 5) is 2.53. The van der Waals surface area contributed by atoms with Crippen LogP contribution in [0.15, 0.2) is 0 Å². The van der Waals surface area contributed by atoms with Gasteiger partial charge in [0.15, 0.2) is 0 Å². The second-order valence-electron chi connectivity index (χ2n) is 5.82. The number of hydrogen-bond acceptors (Lipinski definition) is 3. The third-order valence-electron chi connectivity index (χ3n) is 3.99. The van der Waals surface area contributed by atoms with Gasteiger partial charge in [-0.3, -0.25) is 0 Å². The predicted molar refractivity (Wildman–Crippen MR) is 66.6 cm³/mol. The molecule has 2 rings (SSSR count). The van der Waals surface area contributed by atoms with Crippen molar-refractivity contribution >= 4 is 0 Å². The van der Waals surface area contributed by atoms with Crippen LogP contribution in [0.3, 0.4) is 0 Å². The van der Waals surface area contributed by atoms with Gasteiger partial charge in [-0.1, -0.05) is 0 Å². The first-order valence-electron chi connectivity index (χ1n) is 6.62. The Bertz CT molecular complexity index is 204. The maximum atomic E-state index is 5.45.